The molecule has 0 unspecified atom stereocenters. The zero-order valence-electron chi connectivity index (χ0n) is 15.6. The largest absolute Gasteiger partial charge is 0.380 e. The Morgan fingerprint density at radius 1 is 0.778 bits per heavy atom. The van der Waals surface area contributed by atoms with Crippen LogP contribution in [0.3, 0.4) is 0 Å². The summed E-state index contributed by atoms with van der Waals surface area (Å²) in [6.07, 6.45) is 5.42. The molecule has 1 saturated carbocycles. The zero-order valence-corrected chi connectivity index (χ0v) is 15.6. The number of benzene rings is 2. The van der Waals surface area contributed by atoms with Crippen LogP contribution in [0.5, 0.6) is 0 Å². The Morgan fingerprint density at radius 2 is 1.26 bits per heavy atom. The fraction of sp³-hybridized carbons (Fsp3) is 0.478. The lowest BCUT2D eigenvalue weighted by Crippen LogP contribution is -2.38. The fourth-order valence-corrected chi connectivity index (χ4v) is 4.31. The molecule has 0 atom stereocenters. The molecule has 2 aromatic rings. The maximum Gasteiger partial charge on any atom is 0.123 e. The van der Waals surface area contributed by atoms with Gasteiger partial charge < -0.3 is 10.0 Å². The second kappa shape index (κ2) is 7.69. The first-order chi connectivity index (χ1) is 13.0. The van der Waals surface area contributed by atoms with Gasteiger partial charge in [-0.1, -0.05) is 24.3 Å². The van der Waals surface area contributed by atoms with Gasteiger partial charge in [0.05, 0.1) is 0 Å². The van der Waals surface area contributed by atoms with Gasteiger partial charge in [-0.25, -0.2) is 8.78 Å². The van der Waals surface area contributed by atoms with Crippen molar-refractivity contribution in [1.82, 2.24) is 4.90 Å². The minimum atomic E-state index is -1.23. The lowest BCUT2D eigenvalue weighted by molar-refractivity contribution is 0.0364. The SMILES string of the molecule is OC(CC1CCN(CC2CC2)CC1)(c1ccc(F)cc1)c1ccc(F)cc1. The van der Waals surface area contributed by atoms with Crippen molar-refractivity contribution in [3.8, 4) is 0 Å². The van der Waals surface area contributed by atoms with Gasteiger partial charge in [0.2, 0.25) is 0 Å². The van der Waals surface area contributed by atoms with Crippen LogP contribution in [0.15, 0.2) is 48.5 Å². The molecule has 0 spiro atoms. The van der Waals surface area contributed by atoms with Gasteiger partial charge in [-0.05, 0) is 92.4 Å². The molecule has 2 aromatic carbocycles. The van der Waals surface area contributed by atoms with Crippen molar-refractivity contribution in [3.05, 3.63) is 71.3 Å². The highest BCUT2D eigenvalue weighted by Crippen LogP contribution is 2.39. The van der Waals surface area contributed by atoms with E-state index in [1.165, 1.54) is 43.7 Å². The summed E-state index contributed by atoms with van der Waals surface area (Å²) in [5, 5.41) is 11.7. The van der Waals surface area contributed by atoms with E-state index in [9.17, 15) is 13.9 Å². The van der Waals surface area contributed by atoms with Crippen molar-refractivity contribution in [2.24, 2.45) is 11.8 Å². The van der Waals surface area contributed by atoms with Crippen LogP contribution in [0, 0.1) is 23.5 Å². The summed E-state index contributed by atoms with van der Waals surface area (Å²) in [5.74, 6) is 0.639. The second-order valence-electron chi connectivity index (χ2n) is 8.27. The van der Waals surface area contributed by atoms with E-state index >= 15 is 0 Å². The third-order valence-electron chi connectivity index (χ3n) is 6.15. The average Bonchev–Trinajstić information content (AvgIpc) is 3.48. The number of piperidine rings is 1. The standard InChI is InChI=1S/C23H27F2NO/c24-21-7-3-19(4-8-21)23(27,20-5-9-22(25)10-6-20)15-17-11-13-26(14-12-17)16-18-1-2-18/h3-10,17-18,27H,1-2,11-16H2. The van der Waals surface area contributed by atoms with Crippen LogP contribution in [-0.4, -0.2) is 29.6 Å². The molecule has 2 aliphatic rings. The highest BCUT2D eigenvalue weighted by Gasteiger charge is 2.36. The molecule has 2 nitrogen and oxygen atoms in total. The van der Waals surface area contributed by atoms with Crippen LogP contribution in [0.4, 0.5) is 8.78 Å². The number of rotatable bonds is 6. The van der Waals surface area contributed by atoms with E-state index in [0.29, 0.717) is 23.5 Å². The maximum absolute atomic E-state index is 13.4. The monoisotopic (exact) mass is 371 g/mol. The lowest BCUT2D eigenvalue weighted by Gasteiger charge is -2.37. The van der Waals surface area contributed by atoms with Gasteiger partial charge >= 0.3 is 0 Å². The predicted octanol–water partition coefficient (Wildman–Crippen LogP) is 4.71. The molecule has 1 N–H and O–H groups in total. The van der Waals surface area contributed by atoms with Crippen LogP contribution < -0.4 is 0 Å². The molecule has 144 valence electrons. The maximum atomic E-state index is 13.4. The quantitative estimate of drug-likeness (QED) is 0.795. The Balaban J connectivity index is 1.53. The van der Waals surface area contributed by atoms with Crippen LogP contribution in [0.2, 0.25) is 0 Å². The highest BCUT2D eigenvalue weighted by atomic mass is 19.1. The van der Waals surface area contributed by atoms with Crippen molar-refractivity contribution in [2.75, 3.05) is 19.6 Å². The first-order valence-electron chi connectivity index (χ1n) is 10.00. The summed E-state index contributed by atoms with van der Waals surface area (Å²) in [5.41, 5.74) is 0.0944. The third kappa shape index (κ3) is 4.39. The first kappa shape index (κ1) is 18.6. The van der Waals surface area contributed by atoms with E-state index < -0.39 is 5.60 Å². The van der Waals surface area contributed by atoms with E-state index in [-0.39, 0.29) is 11.6 Å². The van der Waals surface area contributed by atoms with Gasteiger partial charge in [0.25, 0.3) is 0 Å². The Bertz CT molecular complexity index is 701. The molecule has 27 heavy (non-hydrogen) atoms. The van der Waals surface area contributed by atoms with Gasteiger partial charge in [0, 0.05) is 6.54 Å². The minimum absolute atomic E-state index is 0.325. The third-order valence-corrected chi connectivity index (χ3v) is 6.15. The highest BCUT2D eigenvalue weighted by molar-refractivity contribution is 5.36. The van der Waals surface area contributed by atoms with Gasteiger partial charge in [0.1, 0.15) is 17.2 Å². The lowest BCUT2D eigenvalue weighted by atomic mass is 9.76. The Hall–Kier alpha value is -1.78. The van der Waals surface area contributed by atoms with Crippen LogP contribution in [0.25, 0.3) is 0 Å². The van der Waals surface area contributed by atoms with Gasteiger partial charge in [-0.15, -0.1) is 0 Å². The molecule has 2 fully saturated rings. The molecule has 1 heterocycles. The Labute approximate surface area is 159 Å². The topological polar surface area (TPSA) is 23.5 Å². The fourth-order valence-electron chi connectivity index (χ4n) is 4.31. The number of halogens is 2. The Kier molecular flexibility index (Phi) is 5.29. The minimum Gasteiger partial charge on any atom is -0.380 e. The van der Waals surface area contributed by atoms with E-state index in [1.54, 1.807) is 24.3 Å². The van der Waals surface area contributed by atoms with Crippen molar-refractivity contribution < 1.29 is 13.9 Å². The summed E-state index contributed by atoms with van der Waals surface area (Å²) in [7, 11) is 0. The van der Waals surface area contributed by atoms with Crippen LogP contribution >= 0.6 is 0 Å². The van der Waals surface area contributed by atoms with E-state index in [2.05, 4.69) is 4.90 Å². The average molecular weight is 371 g/mol. The number of hydrogen-bond acceptors (Lipinski definition) is 2. The summed E-state index contributed by atoms with van der Waals surface area (Å²) >= 11 is 0. The molecule has 0 amide bonds. The normalized spacial score (nSPS) is 19.4. The molecule has 4 rings (SSSR count). The molecule has 0 bridgehead atoms. The predicted molar refractivity (Wildman–Crippen MR) is 102 cm³/mol. The summed E-state index contributed by atoms with van der Waals surface area (Å²) in [4.78, 5) is 2.54. The molecular weight excluding hydrogens is 344 g/mol. The van der Waals surface area contributed by atoms with Gasteiger partial charge in [-0.3, -0.25) is 0 Å². The summed E-state index contributed by atoms with van der Waals surface area (Å²) in [6, 6.07) is 12.1. The van der Waals surface area contributed by atoms with Gasteiger partial charge in [-0.2, -0.15) is 0 Å². The molecule has 1 saturated heterocycles. The van der Waals surface area contributed by atoms with Crippen LogP contribution in [0.1, 0.15) is 43.2 Å². The second-order valence-corrected chi connectivity index (χ2v) is 8.27. The van der Waals surface area contributed by atoms with E-state index in [1.807, 2.05) is 0 Å². The number of likely N-dealkylation sites (tertiary alicyclic amines) is 1. The molecule has 1 aliphatic heterocycles. The molecule has 0 radical (unpaired) electrons. The smallest absolute Gasteiger partial charge is 0.123 e. The van der Waals surface area contributed by atoms with Crippen molar-refractivity contribution >= 4 is 0 Å². The van der Waals surface area contributed by atoms with Crippen molar-refractivity contribution in [2.45, 2.75) is 37.7 Å². The van der Waals surface area contributed by atoms with Crippen LogP contribution in [-0.2, 0) is 5.60 Å². The molecular formula is C23H27F2NO. The van der Waals surface area contributed by atoms with E-state index in [0.717, 1.165) is 31.8 Å². The Morgan fingerprint density at radius 3 is 1.70 bits per heavy atom. The van der Waals surface area contributed by atoms with Gasteiger partial charge in [0.15, 0.2) is 0 Å². The zero-order chi connectivity index (χ0) is 18.9. The molecule has 1 aliphatic carbocycles. The number of hydrogen-bond donors (Lipinski definition) is 1. The van der Waals surface area contributed by atoms with Crippen molar-refractivity contribution in [3.63, 3.8) is 0 Å². The van der Waals surface area contributed by atoms with E-state index in [4.69, 9.17) is 0 Å². The number of aliphatic hydroxyl groups is 1. The molecule has 4 heteroatoms. The summed E-state index contributed by atoms with van der Waals surface area (Å²) < 4.78 is 26.8. The number of nitrogens with zero attached hydrogens (tertiary/aromatic N) is 1. The van der Waals surface area contributed by atoms with Crippen molar-refractivity contribution in [1.29, 1.82) is 0 Å². The summed E-state index contributed by atoms with van der Waals surface area (Å²) in [6.45, 7) is 3.36. The molecule has 0 aromatic heterocycles. The first-order valence-corrected chi connectivity index (χ1v) is 10.00.